The van der Waals surface area contributed by atoms with Gasteiger partial charge < -0.3 is 10.1 Å². The molecule has 0 radical (unpaired) electrons. The van der Waals surface area contributed by atoms with Gasteiger partial charge in [-0.2, -0.15) is 0 Å². The fourth-order valence-corrected chi connectivity index (χ4v) is 3.66. The van der Waals surface area contributed by atoms with Gasteiger partial charge in [-0.25, -0.2) is 0 Å². The Labute approximate surface area is 113 Å². The molecular weight excluding hydrogens is 222 g/mol. The van der Waals surface area contributed by atoms with Crippen molar-refractivity contribution in [2.45, 2.75) is 78.0 Å². The van der Waals surface area contributed by atoms with E-state index in [9.17, 15) is 0 Å². The van der Waals surface area contributed by atoms with Crippen LogP contribution >= 0.6 is 0 Å². The van der Waals surface area contributed by atoms with E-state index in [0.717, 1.165) is 24.5 Å². The summed E-state index contributed by atoms with van der Waals surface area (Å²) in [4.78, 5) is 0. The lowest BCUT2D eigenvalue weighted by Crippen LogP contribution is -2.48. The van der Waals surface area contributed by atoms with Gasteiger partial charge in [0.2, 0.25) is 0 Å². The minimum Gasteiger partial charge on any atom is -0.378 e. The van der Waals surface area contributed by atoms with E-state index in [1.807, 2.05) is 0 Å². The molecule has 2 heteroatoms. The van der Waals surface area contributed by atoms with Crippen molar-refractivity contribution in [1.82, 2.24) is 5.32 Å². The van der Waals surface area contributed by atoms with Gasteiger partial charge in [0.1, 0.15) is 0 Å². The molecule has 2 fully saturated rings. The van der Waals surface area contributed by atoms with Crippen LogP contribution < -0.4 is 5.32 Å². The molecule has 5 unspecified atom stereocenters. The average Bonchev–Trinajstić information content (AvgIpc) is 2.33. The summed E-state index contributed by atoms with van der Waals surface area (Å²) in [7, 11) is 0. The van der Waals surface area contributed by atoms with E-state index >= 15 is 0 Å². The second kappa shape index (κ2) is 6.38. The zero-order valence-corrected chi connectivity index (χ0v) is 12.6. The summed E-state index contributed by atoms with van der Waals surface area (Å²) in [5, 5.41) is 3.93. The Bertz CT molecular complexity index is 253. The number of nitrogens with one attached hydrogen (secondary N) is 1. The van der Waals surface area contributed by atoms with E-state index < -0.39 is 0 Å². The summed E-state index contributed by atoms with van der Waals surface area (Å²) in [6.07, 6.45) is 7.03. The predicted octanol–water partition coefficient (Wildman–Crippen LogP) is 3.60. The van der Waals surface area contributed by atoms with Crippen molar-refractivity contribution < 1.29 is 4.74 Å². The second-order valence-corrected chi connectivity index (χ2v) is 7.04. The largest absolute Gasteiger partial charge is 0.378 e. The third-order valence-electron chi connectivity index (χ3n) is 4.94. The van der Waals surface area contributed by atoms with Crippen LogP contribution in [0.1, 0.15) is 59.8 Å². The maximum absolute atomic E-state index is 5.86. The van der Waals surface area contributed by atoms with Gasteiger partial charge in [-0.1, -0.05) is 27.7 Å². The number of rotatable bonds is 3. The van der Waals surface area contributed by atoms with Crippen LogP contribution in [0.25, 0.3) is 0 Å². The number of ether oxygens (including phenoxy) is 1. The van der Waals surface area contributed by atoms with Crippen molar-refractivity contribution >= 4 is 0 Å². The van der Waals surface area contributed by atoms with Gasteiger partial charge >= 0.3 is 0 Å². The Hall–Kier alpha value is -0.0800. The molecule has 0 amide bonds. The van der Waals surface area contributed by atoms with Crippen LogP contribution in [-0.2, 0) is 4.74 Å². The predicted molar refractivity (Wildman–Crippen MR) is 76.7 cm³/mol. The molecule has 0 aromatic carbocycles. The molecular formula is C16H31NO. The van der Waals surface area contributed by atoms with Crippen molar-refractivity contribution in [3.63, 3.8) is 0 Å². The third-order valence-corrected chi connectivity index (χ3v) is 4.94. The summed E-state index contributed by atoms with van der Waals surface area (Å²) < 4.78 is 5.86. The fourth-order valence-electron chi connectivity index (χ4n) is 3.66. The molecule has 2 aliphatic rings. The highest BCUT2D eigenvalue weighted by Crippen LogP contribution is 2.30. The molecule has 1 saturated carbocycles. The van der Waals surface area contributed by atoms with E-state index in [2.05, 4.69) is 33.0 Å². The molecule has 0 bridgehead atoms. The second-order valence-electron chi connectivity index (χ2n) is 7.04. The molecule has 5 atom stereocenters. The Morgan fingerprint density at radius 2 is 1.83 bits per heavy atom. The van der Waals surface area contributed by atoms with E-state index in [-0.39, 0.29) is 0 Å². The lowest BCUT2D eigenvalue weighted by molar-refractivity contribution is -0.0279. The van der Waals surface area contributed by atoms with Crippen LogP contribution in [0.2, 0.25) is 0 Å². The van der Waals surface area contributed by atoms with Crippen molar-refractivity contribution in [3.8, 4) is 0 Å². The first-order valence-electron chi connectivity index (χ1n) is 7.94. The highest BCUT2D eigenvalue weighted by Gasteiger charge is 2.30. The number of hydrogen-bond acceptors (Lipinski definition) is 2. The lowest BCUT2D eigenvalue weighted by atomic mass is 9.79. The monoisotopic (exact) mass is 253 g/mol. The van der Waals surface area contributed by atoms with Gasteiger partial charge in [-0.05, 0) is 49.9 Å². The van der Waals surface area contributed by atoms with Gasteiger partial charge in [0.25, 0.3) is 0 Å². The van der Waals surface area contributed by atoms with E-state index in [0.29, 0.717) is 18.1 Å². The first-order chi connectivity index (χ1) is 8.56. The quantitative estimate of drug-likeness (QED) is 0.829. The van der Waals surface area contributed by atoms with E-state index in [1.54, 1.807) is 0 Å². The van der Waals surface area contributed by atoms with E-state index in [4.69, 9.17) is 4.74 Å². The molecule has 2 rings (SSSR count). The number of hydrogen-bond donors (Lipinski definition) is 1. The van der Waals surface area contributed by atoms with Crippen LogP contribution in [0.5, 0.6) is 0 Å². The van der Waals surface area contributed by atoms with E-state index in [1.165, 1.54) is 32.1 Å². The highest BCUT2D eigenvalue weighted by atomic mass is 16.5. The van der Waals surface area contributed by atoms with Crippen LogP contribution in [0.15, 0.2) is 0 Å². The van der Waals surface area contributed by atoms with Gasteiger partial charge in [0.05, 0.1) is 6.10 Å². The molecule has 1 heterocycles. The summed E-state index contributed by atoms with van der Waals surface area (Å²) in [5.74, 6) is 2.42. The zero-order valence-electron chi connectivity index (χ0n) is 12.6. The SMILES string of the molecule is CC1CCC(NC2CCOC(C(C)C)C2)C(C)C1. The first kappa shape index (κ1) is 14.3. The Kier molecular flexibility index (Phi) is 5.08. The zero-order chi connectivity index (χ0) is 13.1. The fraction of sp³-hybridized carbons (Fsp3) is 1.00. The summed E-state index contributed by atoms with van der Waals surface area (Å²) in [6.45, 7) is 10.3. The minimum atomic E-state index is 0.467. The third kappa shape index (κ3) is 3.71. The maximum Gasteiger partial charge on any atom is 0.0612 e. The Morgan fingerprint density at radius 3 is 2.50 bits per heavy atom. The minimum absolute atomic E-state index is 0.467. The molecule has 0 aromatic rings. The normalized spacial score (nSPS) is 42.2. The lowest BCUT2D eigenvalue weighted by Gasteiger charge is -2.39. The van der Waals surface area contributed by atoms with Crippen molar-refractivity contribution in [3.05, 3.63) is 0 Å². The topological polar surface area (TPSA) is 21.3 Å². The van der Waals surface area contributed by atoms with Crippen LogP contribution in [-0.4, -0.2) is 24.8 Å². The Balaban J connectivity index is 1.81. The van der Waals surface area contributed by atoms with Crippen molar-refractivity contribution in [2.24, 2.45) is 17.8 Å². The van der Waals surface area contributed by atoms with Crippen LogP contribution in [0, 0.1) is 17.8 Å². The van der Waals surface area contributed by atoms with Gasteiger partial charge in [0, 0.05) is 18.7 Å². The van der Waals surface area contributed by atoms with Crippen molar-refractivity contribution in [2.75, 3.05) is 6.61 Å². The molecule has 106 valence electrons. The molecule has 18 heavy (non-hydrogen) atoms. The first-order valence-corrected chi connectivity index (χ1v) is 7.94. The van der Waals surface area contributed by atoms with Crippen LogP contribution in [0.3, 0.4) is 0 Å². The van der Waals surface area contributed by atoms with Crippen molar-refractivity contribution in [1.29, 1.82) is 0 Å². The molecule has 0 spiro atoms. The molecule has 1 aliphatic heterocycles. The molecule has 1 N–H and O–H groups in total. The molecule has 2 nitrogen and oxygen atoms in total. The summed E-state index contributed by atoms with van der Waals surface area (Å²) >= 11 is 0. The van der Waals surface area contributed by atoms with Gasteiger partial charge in [-0.3, -0.25) is 0 Å². The molecule has 1 aliphatic carbocycles. The smallest absolute Gasteiger partial charge is 0.0612 e. The van der Waals surface area contributed by atoms with Gasteiger partial charge in [-0.15, -0.1) is 0 Å². The summed E-state index contributed by atoms with van der Waals surface area (Å²) in [6, 6.07) is 1.43. The molecule has 0 aromatic heterocycles. The average molecular weight is 253 g/mol. The van der Waals surface area contributed by atoms with Gasteiger partial charge in [0.15, 0.2) is 0 Å². The van der Waals surface area contributed by atoms with Crippen LogP contribution in [0.4, 0.5) is 0 Å². The molecule has 1 saturated heterocycles. The summed E-state index contributed by atoms with van der Waals surface area (Å²) in [5.41, 5.74) is 0. The standard InChI is InChI=1S/C16H31NO/c1-11(2)16-10-14(7-8-18-16)17-15-6-5-12(3)9-13(15)4/h11-17H,5-10H2,1-4H3. The highest BCUT2D eigenvalue weighted by molar-refractivity contribution is 4.86. The maximum atomic E-state index is 5.86. The Morgan fingerprint density at radius 1 is 1.06 bits per heavy atom.